The summed E-state index contributed by atoms with van der Waals surface area (Å²) in [6.07, 6.45) is 0. The number of furan rings is 1. The first-order valence-electron chi connectivity index (χ1n) is 18.8. The topological polar surface area (TPSA) is 21.3 Å². The minimum absolute atomic E-state index is 0.868. The number of hydrogen-bond donors (Lipinski definition) is 0. The minimum atomic E-state index is 0.868. The fourth-order valence-electron chi connectivity index (χ4n) is 8.52. The lowest BCUT2D eigenvalue weighted by Crippen LogP contribution is -2.10. The van der Waals surface area contributed by atoms with E-state index >= 15 is 0 Å². The smallest absolute Gasteiger partial charge is 0.137 e. The summed E-state index contributed by atoms with van der Waals surface area (Å²) in [5.74, 6) is 0. The SMILES string of the molecule is c1ccc(-n2c3ccccc3c3ccccc32)c(-c2ccc(N(c3ccc(-c4cccc5ccccc45)cc3)c3cccc4oc5ccccc5c34)cc2)c1. The van der Waals surface area contributed by atoms with Crippen LogP contribution in [0.1, 0.15) is 0 Å². The normalized spacial score (nSPS) is 11.6. The third-order valence-corrected chi connectivity index (χ3v) is 11.0. The number of rotatable bonds is 6. The molecule has 0 fully saturated rings. The molecule has 258 valence electrons. The summed E-state index contributed by atoms with van der Waals surface area (Å²) in [5, 5.41) is 7.20. The van der Waals surface area contributed by atoms with Crippen molar-refractivity contribution in [1.29, 1.82) is 0 Å². The Hall–Kier alpha value is -7.36. The van der Waals surface area contributed by atoms with Gasteiger partial charge in [-0.3, -0.25) is 0 Å². The molecule has 0 radical (unpaired) electrons. The lowest BCUT2D eigenvalue weighted by Gasteiger charge is -2.27. The third kappa shape index (κ3) is 5.05. The van der Waals surface area contributed by atoms with Gasteiger partial charge in [0.2, 0.25) is 0 Å². The van der Waals surface area contributed by atoms with Gasteiger partial charge in [0.25, 0.3) is 0 Å². The van der Waals surface area contributed by atoms with Crippen LogP contribution in [0.5, 0.6) is 0 Å². The summed E-state index contributed by atoms with van der Waals surface area (Å²) >= 11 is 0. The molecule has 0 saturated heterocycles. The zero-order valence-corrected chi connectivity index (χ0v) is 29.9. The van der Waals surface area contributed by atoms with Gasteiger partial charge in [0.15, 0.2) is 0 Å². The van der Waals surface area contributed by atoms with Crippen LogP contribution in [-0.2, 0) is 0 Å². The van der Waals surface area contributed by atoms with E-state index in [1.807, 2.05) is 12.1 Å². The molecule has 0 saturated carbocycles. The standard InChI is InChI=1S/C52H34N2O/c1-2-15-40-35(13-1)14-11-20-41(40)36-27-31-38(32-28-36)53(49-24-12-26-51-52(49)45-19-6-10-25-50(45)55-51)39-33-29-37(30-34-39)42-16-3-7-21-46(42)54-47-22-8-4-17-43(47)44-18-5-9-23-48(44)54/h1-34H. The molecule has 0 bridgehead atoms. The summed E-state index contributed by atoms with van der Waals surface area (Å²) in [4.78, 5) is 2.36. The molecule has 0 N–H and O–H groups in total. The Morgan fingerprint density at radius 1 is 0.364 bits per heavy atom. The molecule has 2 heterocycles. The van der Waals surface area contributed by atoms with Crippen molar-refractivity contribution in [2.75, 3.05) is 4.90 Å². The molecule has 0 unspecified atom stereocenters. The van der Waals surface area contributed by atoms with E-state index in [1.54, 1.807) is 0 Å². The van der Waals surface area contributed by atoms with Gasteiger partial charge in [-0.1, -0.05) is 146 Å². The largest absolute Gasteiger partial charge is 0.456 e. The molecule has 11 aromatic rings. The number of para-hydroxylation sites is 4. The summed E-state index contributed by atoms with van der Waals surface area (Å²) < 4.78 is 8.80. The predicted molar refractivity (Wildman–Crippen MR) is 231 cm³/mol. The van der Waals surface area contributed by atoms with E-state index in [4.69, 9.17) is 4.42 Å². The Kier molecular flexibility index (Phi) is 7.17. The first kappa shape index (κ1) is 31.2. The van der Waals surface area contributed by atoms with Gasteiger partial charge >= 0.3 is 0 Å². The van der Waals surface area contributed by atoms with Crippen LogP contribution in [0.2, 0.25) is 0 Å². The second-order valence-electron chi connectivity index (χ2n) is 14.1. The van der Waals surface area contributed by atoms with Crippen molar-refractivity contribution in [2.45, 2.75) is 0 Å². The fraction of sp³-hybridized carbons (Fsp3) is 0. The quantitative estimate of drug-likeness (QED) is 0.172. The second-order valence-corrected chi connectivity index (χ2v) is 14.1. The Balaban J connectivity index is 1.06. The minimum Gasteiger partial charge on any atom is -0.456 e. The second kappa shape index (κ2) is 12.6. The highest BCUT2D eigenvalue weighted by Gasteiger charge is 2.21. The summed E-state index contributed by atoms with van der Waals surface area (Å²) in [6.45, 7) is 0. The van der Waals surface area contributed by atoms with Crippen LogP contribution in [0, 0.1) is 0 Å². The zero-order valence-electron chi connectivity index (χ0n) is 29.9. The summed E-state index contributed by atoms with van der Waals surface area (Å²) in [5.41, 5.74) is 13.2. The van der Waals surface area contributed by atoms with E-state index in [-0.39, 0.29) is 0 Å². The molecule has 3 nitrogen and oxygen atoms in total. The molecule has 2 aromatic heterocycles. The highest BCUT2D eigenvalue weighted by molar-refractivity contribution is 6.13. The van der Waals surface area contributed by atoms with Gasteiger partial charge in [0.1, 0.15) is 11.2 Å². The maximum Gasteiger partial charge on any atom is 0.137 e. The van der Waals surface area contributed by atoms with Crippen LogP contribution in [0.15, 0.2) is 211 Å². The van der Waals surface area contributed by atoms with E-state index < -0.39 is 0 Å². The number of hydrogen-bond acceptors (Lipinski definition) is 2. The van der Waals surface area contributed by atoms with Crippen LogP contribution in [-0.4, -0.2) is 4.57 Å². The van der Waals surface area contributed by atoms with Gasteiger partial charge in [0, 0.05) is 33.1 Å². The number of nitrogens with zero attached hydrogens (tertiary/aromatic N) is 2. The molecule has 0 aliphatic heterocycles. The molecule has 3 heteroatoms. The highest BCUT2D eigenvalue weighted by atomic mass is 16.3. The number of benzene rings is 9. The van der Waals surface area contributed by atoms with Gasteiger partial charge < -0.3 is 13.9 Å². The lowest BCUT2D eigenvalue weighted by atomic mass is 9.98. The molecule has 0 spiro atoms. The Morgan fingerprint density at radius 2 is 0.873 bits per heavy atom. The molecular formula is C52H34N2O. The average Bonchev–Trinajstić information content (AvgIpc) is 3.81. The molecule has 0 amide bonds. The van der Waals surface area contributed by atoms with Crippen molar-refractivity contribution in [3.63, 3.8) is 0 Å². The highest BCUT2D eigenvalue weighted by Crippen LogP contribution is 2.44. The molecule has 0 aliphatic carbocycles. The number of anilines is 3. The number of fused-ring (bicyclic) bond motifs is 7. The number of aromatic nitrogens is 1. The van der Waals surface area contributed by atoms with E-state index in [1.165, 1.54) is 49.3 Å². The Morgan fingerprint density at radius 3 is 1.60 bits per heavy atom. The Labute approximate surface area is 318 Å². The molecule has 9 aromatic carbocycles. The van der Waals surface area contributed by atoms with Crippen LogP contribution in [0.3, 0.4) is 0 Å². The van der Waals surface area contributed by atoms with E-state index in [9.17, 15) is 0 Å². The van der Waals surface area contributed by atoms with Crippen molar-refractivity contribution >= 4 is 71.6 Å². The first-order valence-corrected chi connectivity index (χ1v) is 18.8. The van der Waals surface area contributed by atoms with Crippen LogP contribution in [0.25, 0.3) is 82.5 Å². The van der Waals surface area contributed by atoms with E-state index in [0.29, 0.717) is 0 Å². The van der Waals surface area contributed by atoms with Gasteiger partial charge in [0.05, 0.1) is 27.8 Å². The molecule has 0 atom stereocenters. The molecule has 55 heavy (non-hydrogen) atoms. The maximum absolute atomic E-state index is 6.39. The zero-order chi connectivity index (χ0) is 36.3. The average molecular weight is 703 g/mol. The van der Waals surface area contributed by atoms with E-state index in [0.717, 1.165) is 50.3 Å². The maximum atomic E-state index is 6.39. The van der Waals surface area contributed by atoms with Crippen LogP contribution in [0.4, 0.5) is 17.1 Å². The van der Waals surface area contributed by atoms with Crippen molar-refractivity contribution in [3.8, 4) is 27.9 Å². The van der Waals surface area contributed by atoms with Gasteiger partial charge in [-0.15, -0.1) is 0 Å². The molecular weight excluding hydrogens is 669 g/mol. The summed E-state index contributed by atoms with van der Waals surface area (Å²) in [6, 6.07) is 73.9. The summed E-state index contributed by atoms with van der Waals surface area (Å²) in [7, 11) is 0. The van der Waals surface area contributed by atoms with Crippen LogP contribution < -0.4 is 4.90 Å². The first-order chi connectivity index (χ1) is 27.3. The van der Waals surface area contributed by atoms with E-state index in [2.05, 4.69) is 204 Å². The van der Waals surface area contributed by atoms with Crippen molar-refractivity contribution in [2.24, 2.45) is 0 Å². The Bertz CT molecular complexity index is 3150. The third-order valence-electron chi connectivity index (χ3n) is 11.0. The van der Waals surface area contributed by atoms with Crippen molar-refractivity contribution < 1.29 is 4.42 Å². The lowest BCUT2D eigenvalue weighted by molar-refractivity contribution is 0.669. The molecule has 11 rings (SSSR count). The monoisotopic (exact) mass is 702 g/mol. The van der Waals surface area contributed by atoms with Gasteiger partial charge in [-0.25, -0.2) is 0 Å². The van der Waals surface area contributed by atoms with Crippen molar-refractivity contribution in [1.82, 2.24) is 4.57 Å². The van der Waals surface area contributed by atoms with Crippen LogP contribution >= 0.6 is 0 Å². The van der Waals surface area contributed by atoms with Gasteiger partial charge in [-0.2, -0.15) is 0 Å². The van der Waals surface area contributed by atoms with Gasteiger partial charge in [-0.05, 0) is 88.1 Å². The van der Waals surface area contributed by atoms with Crippen molar-refractivity contribution in [3.05, 3.63) is 206 Å². The molecule has 0 aliphatic rings. The predicted octanol–water partition coefficient (Wildman–Crippen LogP) is 14.6. The fourth-order valence-corrected chi connectivity index (χ4v) is 8.52.